The van der Waals surface area contributed by atoms with E-state index in [-0.39, 0.29) is 5.57 Å². The number of carboxylic acid groups (broad SMARTS) is 1. The molecule has 0 heterocycles. The summed E-state index contributed by atoms with van der Waals surface area (Å²) >= 11 is 0. The van der Waals surface area contributed by atoms with Crippen molar-refractivity contribution in [1.82, 2.24) is 0 Å². The van der Waals surface area contributed by atoms with Gasteiger partial charge in [0.1, 0.15) is 0 Å². The zero-order valence-electron chi connectivity index (χ0n) is 9.39. The second-order valence-electron chi connectivity index (χ2n) is 3.09. The summed E-state index contributed by atoms with van der Waals surface area (Å²) in [5.74, 6) is -0.935. The van der Waals surface area contributed by atoms with Crippen LogP contribution in [0.15, 0.2) is 61.2 Å². The molecule has 0 unspecified atom stereocenters. The molecule has 0 saturated carbocycles. The molecule has 1 aromatic rings. The molecule has 1 rings (SSSR count). The van der Waals surface area contributed by atoms with Gasteiger partial charge in [0.15, 0.2) is 0 Å². The van der Waals surface area contributed by atoms with E-state index in [1.165, 1.54) is 12.5 Å². The summed E-state index contributed by atoms with van der Waals surface area (Å²) in [7, 11) is 0. The highest BCUT2D eigenvalue weighted by Gasteiger charge is 1.90. The van der Waals surface area contributed by atoms with Gasteiger partial charge in [0.05, 0.1) is 0 Å². The Morgan fingerprint density at radius 2 is 1.81 bits per heavy atom. The third-order valence-corrected chi connectivity index (χ3v) is 1.59. The number of benzene rings is 1. The fourth-order valence-corrected chi connectivity index (χ4v) is 0.743. The molecule has 2 nitrogen and oxygen atoms in total. The van der Waals surface area contributed by atoms with E-state index < -0.39 is 5.97 Å². The van der Waals surface area contributed by atoms with E-state index in [1.54, 1.807) is 6.08 Å². The van der Waals surface area contributed by atoms with E-state index >= 15 is 0 Å². The third-order valence-electron chi connectivity index (χ3n) is 1.59. The lowest BCUT2D eigenvalue weighted by Gasteiger charge is -1.87. The van der Waals surface area contributed by atoms with Gasteiger partial charge in [-0.3, -0.25) is 0 Å². The molecule has 84 valence electrons. The van der Waals surface area contributed by atoms with E-state index in [9.17, 15) is 4.79 Å². The van der Waals surface area contributed by atoms with Crippen LogP contribution < -0.4 is 0 Å². The maximum atomic E-state index is 9.60. The Bertz CT molecular complexity index is 363. The van der Waals surface area contributed by atoms with Crippen molar-refractivity contribution in [2.75, 3.05) is 0 Å². The maximum absolute atomic E-state index is 9.60. The number of aliphatic carboxylic acids is 1. The predicted octanol–water partition coefficient (Wildman–Crippen LogP) is 3.53. The molecule has 0 radical (unpaired) electrons. The first-order chi connectivity index (χ1) is 7.57. The number of allylic oxidation sites excluding steroid dienone is 2. The summed E-state index contributed by atoms with van der Waals surface area (Å²) in [4.78, 5) is 9.60. The quantitative estimate of drug-likeness (QED) is 0.620. The summed E-state index contributed by atoms with van der Waals surface area (Å²) in [6.45, 7) is 8.19. The molecule has 0 fully saturated rings. The lowest BCUT2D eigenvalue weighted by molar-refractivity contribution is -0.132. The lowest BCUT2D eigenvalue weighted by atomic mass is 10.2. The van der Waals surface area contributed by atoms with Crippen LogP contribution in [0.2, 0.25) is 0 Å². The maximum Gasteiger partial charge on any atom is 0.330 e. The first kappa shape index (κ1) is 13.9. The molecule has 16 heavy (non-hydrogen) atoms. The van der Waals surface area contributed by atoms with E-state index in [4.69, 9.17) is 5.11 Å². The van der Waals surface area contributed by atoms with Crippen LogP contribution in [0.1, 0.15) is 12.5 Å². The standard InChI is InChI=1S/C10H10.C4H6O2/c1-2-3-7-10-8-5-4-6-9-10;1-3(2)4(5)6/h2-9H,1H2;1H2,2H3,(H,5,6). The van der Waals surface area contributed by atoms with Crippen molar-refractivity contribution < 1.29 is 9.90 Å². The summed E-state index contributed by atoms with van der Waals surface area (Å²) in [5, 5.41) is 7.89. The van der Waals surface area contributed by atoms with E-state index in [0.717, 1.165) is 0 Å². The van der Waals surface area contributed by atoms with Crippen molar-refractivity contribution in [3.05, 3.63) is 66.8 Å². The molecule has 0 bridgehead atoms. The Labute approximate surface area is 96.2 Å². The van der Waals surface area contributed by atoms with Crippen LogP contribution >= 0.6 is 0 Å². The van der Waals surface area contributed by atoms with Crippen molar-refractivity contribution in [2.24, 2.45) is 0 Å². The van der Waals surface area contributed by atoms with Gasteiger partial charge < -0.3 is 5.11 Å². The van der Waals surface area contributed by atoms with Gasteiger partial charge in [-0.05, 0) is 12.5 Å². The molecule has 0 aliphatic heterocycles. The van der Waals surface area contributed by atoms with Crippen LogP contribution in [0.25, 0.3) is 6.08 Å². The molecule has 0 aliphatic rings. The van der Waals surface area contributed by atoms with Crippen molar-refractivity contribution in [1.29, 1.82) is 0 Å². The van der Waals surface area contributed by atoms with Crippen LogP contribution in [0.3, 0.4) is 0 Å². The number of hydrogen-bond acceptors (Lipinski definition) is 1. The van der Waals surface area contributed by atoms with Gasteiger partial charge in [0.2, 0.25) is 0 Å². The van der Waals surface area contributed by atoms with Crippen LogP contribution in [0.5, 0.6) is 0 Å². The van der Waals surface area contributed by atoms with E-state index in [0.29, 0.717) is 0 Å². The number of rotatable bonds is 3. The van der Waals surface area contributed by atoms with Crippen LogP contribution in [0.4, 0.5) is 0 Å². The fraction of sp³-hybridized carbons (Fsp3) is 0.0714. The fourth-order valence-electron chi connectivity index (χ4n) is 0.743. The van der Waals surface area contributed by atoms with Crippen molar-refractivity contribution in [3.63, 3.8) is 0 Å². The number of carboxylic acids is 1. The van der Waals surface area contributed by atoms with Crippen molar-refractivity contribution in [3.8, 4) is 0 Å². The molecule has 0 saturated heterocycles. The normalized spacial score (nSPS) is 9.06. The Balaban J connectivity index is 0.000000325. The zero-order valence-corrected chi connectivity index (χ0v) is 9.39. The van der Waals surface area contributed by atoms with Gasteiger partial charge in [0, 0.05) is 5.57 Å². The molecule has 2 heteroatoms. The Hall–Kier alpha value is -2.09. The molecular weight excluding hydrogens is 200 g/mol. The first-order valence-corrected chi connectivity index (χ1v) is 4.81. The highest BCUT2D eigenvalue weighted by molar-refractivity contribution is 5.84. The van der Waals surface area contributed by atoms with Crippen LogP contribution in [-0.4, -0.2) is 11.1 Å². The van der Waals surface area contributed by atoms with Crippen LogP contribution in [0, 0.1) is 0 Å². The van der Waals surface area contributed by atoms with Crippen molar-refractivity contribution in [2.45, 2.75) is 6.92 Å². The SMILES string of the molecule is C=C(C)C(=O)O.C=CC=Cc1ccccc1. The first-order valence-electron chi connectivity index (χ1n) is 4.81. The van der Waals surface area contributed by atoms with Gasteiger partial charge in [-0.25, -0.2) is 4.79 Å². The zero-order chi connectivity index (χ0) is 12.4. The van der Waals surface area contributed by atoms with Crippen LogP contribution in [-0.2, 0) is 4.79 Å². The molecule has 0 atom stereocenters. The molecule has 1 aromatic carbocycles. The Kier molecular flexibility index (Phi) is 7.16. The highest BCUT2D eigenvalue weighted by Crippen LogP contribution is 1.99. The Morgan fingerprint density at radius 3 is 2.19 bits per heavy atom. The summed E-state index contributed by atoms with van der Waals surface area (Å²) < 4.78 is 0. The summed E-state index contributed by atoms with van der Waals surface area (Å²) in [5.41, 5.74) is 1.39. The second-order valence-corrected chi connectivity index (χ2v) is 3.09. The summed E-state index contributed by atoms with van der Waals surface area (Å²) in [6, 6.07) is 10.1. The molecular formula is C14H16O2. The van der Waals surface area contributed by atoms with Crippen molar-refractivity contribution >= 4 is 12.0 Å². The highest BCUT2D eigenvalue weighted by atomic mass is 16.4. The average molecular weight is 216 g/mol. The van der Waals surface area contributed by atoms with Gasteiger partial charge >= 0.3 is 5.97 Å². The smallest absolute Gasteiger partial charge is 0.330 e. The minimum Gasteiger partial charge on any atom is -0.478 e. The number of hydrogen-bond donors (Lipinski definition) is 1. The van der Waals surface area contributed by atoms with Gasteiger partial charge in [-0.15, -0.1) is 0 Å². The van der Waals surface area contributed by atoms with Gasteiger partial charge in [-0.2, -0.15) is 0 Å². The minimum absolute atomic E-state index is 0.176. The lowest BCUT2D eigenvalue weighted by Crippen LogP contribution is -1.92. The largest absolute Gasteiger partial charge is 0.478 e. The topological polar surface area (TPSA) is 37.3 Å². The predicted molar refractivity (Wildman–Crippen MR) is 68.1 cm³/mol. The molecule has 1 N–H and O–H groups in total. The van der Waals surface area contributed by atoms with E-state index in [1.807, 2.05) is 30.4 Å². The summed E-state index contributed by atoms with van der Waals surface area (Å²) in [6.07, 6.45) is 5.72. The Morgan fingerprint density at radius 1 is 1.31 bits per heavy atom. The molecule has 0 aromatic heterocycles. The van der Waals surface area contributed by atoms with Gasteiger partial charge in [0.25, 0.3) is 0 Å². The molecule has 0 aliphatic carbocycles. The molecule has 0 spiro atoms. The third kappa shape index (κ3) is 7.33. The number of carbonyl (C=O) groups is 1. The van der Waals surface area contributed by atoms with Gasteiger partial charge in [-0.1, -0.05) is 61.7 Å². The average Bonchev–Trinajstić information content (AvgIpc) is 2.28. The monoisotopic (exact) mass is 216 g/mol. The minimum atomic E-state index is -0.935. The molecule has 0 amide bonds. The van der Waals surface area contributed by atoms with E-state index in [2.05, 4.69) is 25.3 Å². The second kappa shape index (κ2) is 8.24.